The van der Waals surface area contributed by atoms with E-state index >= 15 is 0 Å². The zero-order valence-corrected chi connectivity index (χ0v) is 13.7. The summed E-state index contributed by atoms with van der Waals surface area (Å²) in [6.07, 6.45) is 2.14. The SMILES string of the molecule is O=S(=O)(CC1CCCC(OCC2CO2)C1)NS(=O)(=O)C(F)(F)F. The molecule has 1 saturated heterocycles. The monoisotopic (exact) mass is 381 g/mol. The first-order valence-corrected chi connectivity index (χ1v) is 10.2. The third kappa shape index (κ3) is 5.85. The van der Waals surface area contributed by atoms with E-state index in [1.165, 1.54) is 0 Å². The normalized spacial score (nSPS) is 29.4. The van der Waals surface area contributed by atoms with Crippen molar-refractivity contribution in [2.45, 2.75) is 43.4 Å². The summed E-state index contributed by atoms with van der Waals surface area (Å²) in [5.41, 5.74) is -5.66. The van der Waals surface area contributed by atoms with Crippen LogP contribution in [0.2, 0.25) is 0 Å². The maximum atomic E-state index is 12.2. The van der Waals surface area contributed by atoms with Gasteiger partial charge in [-0.15, -0.1) is 4.13 Å². The molecule has 2 fully saturated rings. The molecule has 0 bridgehead atoms. The van der Waals surface area contributed by atoms with Crippen LogP contribution in [-0.2, 0) is 29.5 Å². The van der Waals surface area contributed by atoms with Gasteiger partial charge in [-0.05, 0) is 25.2 Å². The Morgan fingerprint density at radius 3 is 2.39 bits per heavy atom. The van der Waals surface area contributed by atoms with E-state index in [2.05, 4.69) is 0 Å². The smallest absolute Gasteiger partial charge is 0.375 e. The van der Waals surface area contributed by atoms with Crippen molar-refractivity contribution in [2.24, 2.45) is 5.92 Å². The number of epoxide rings is 1. The molecule has 3 atom stereocenters. The molecule has 12 heteroatoms. The van der Waals surface area contributed by atoms with Gasteiger partial charge in [0.05, 0.1) is 25.1 Å². The van der Waals surface area contributed by atoms with Crippen molar-refractivity contribution in [3.63, 3.8) is 0 Å². The van der Waals surface area contributed by atoms with Crippen LogP contribution in [0.5, 0.6) is 0 Å². The molecule has 1 aliphatic carbocycles. The van der Waals surface area contributed by atoms with Crippen LogP contribution in [0.4, 0.5) is 13.2 Å². The Labute approximate surface area is 132 Å². The van der Waals surface area contributed by atoms with Crippen molar-refractivity contribution >= 4 is 20.0 Å². The summed E-state index contributed by atoms with van der Waals surface area (Å²) in [6, 6.07) is 0. The zero-order valence-electron chi connectivity index (χ0n) is 12.1. The molecular formula is C11H18F3NO6S2. The maximum Gasteiger partial charge on any atom is 0.512 e. The highest BCUT2D eigenvalue weighted by Gasteiger charge is 2.48. The minimum absolute atomic E-state index is 0.0673. The minimum atomic E-state index is -5.92. The molecule has 0 aromatic heterocycles. The summed E-state index contributed by atoms with van der Waals surface area (Å²) < 4.78 is 93.2. The molecule has 1 heterocycles. The quantitative estimate of drug-likeness (QED) is 0.653. The fraction of sp³-hybridized carbons (Fsp3) is 1.00. The highest BCUT2D eigenvalue weighted by molar-refractivity contribution is 8.05. The highest BCUT2D eigenvalue weighted by atomic mass is 32.3. The second kappa shape index (κ2) is 6.82. The maximum absolute atomic E-state index is 12.2. The molecule has 1 aliphatic heterocycles. The van der Waals surface area contributed by atoms with Gasteiger partial charge in [0.1, 0.15) is 6.10 Å². The van der Waals surface area contributed by atoms with Crippen LogP contribution < -0.4 is 4.13 Å². The van der Waals surface area contributed by atoms with Gasteiger partial charge in [0, 0.05) is 0 Å². The molecule has 7 nitrogen and oxygen atoms in total. The average molecular weight is 381 g/mol. The van der Waals surface area contributed by atoms with Crippen LogP contribution in [-0.4, -0.2) is 53.5 Å². The number of hydrogen-bond acceptors (Lipinski definition) is 6. The number of sulfonamides is 2. The number of halogens is 3. The summed E-state index contributed by atoms with van der Waals surface area (Å²) in [5, 5.41) is 0. The molecule has 0 amide bonds. The summed E-state index contributed by atoms with van der Waals surface area (Å²) in [5.74, 6) is -1.13. The largest absolute Gasteiger partial charge is 0.512 e. The van der Waals surface area contributed by atoms with Gasteiger partial charge in [0.2, 0.25) is 10.0 Å². The second-order valence-electron chi connectivity index (χ2n) is 5.76. The second-order valence-corrected chi connectivity index (χ2v) is 9.46. The van der Waals surface area contributed by atoms with E-state index in [4.69, 9.17) is 9.47 Å². The molecule has 2 rings (SSSR count). The van der Waals surface area contributed by atoms with Crippen LogP contribution >= 0.6 is 0 Å². The van der Waals surface area contributed by atoms with Crippen molar-refractivity contribution < 1.29 is 39.5 Å². The lowest BCUT2D eigenvalue weighted by Crippen LogP contribution is -2.42. The van der Waals surface area contributed by atoms with E-state index in [0.29, 0.717) is 32.5 Å². The van der Waals surface area contributed by atoms with Crippen molar-refractivity contribution in [3.8, 4) is 0 Å². The average Bonchev–Trinajstić information content (AvgIpc) is 3.17. The van der Waals surface area contributed by atoms with E-state index in [9.17, 15) is 30.0 Å². The van der Waals surface area contributed by atoms with Crippen LogP contribution in [0.1, 0.15) is 25.7 Å². The summed E-state index contributed by atoms with van der Waals surface area (Å²) >= 11 is 0. The van der Waals surface area contributed by atoms with Gasteiger partial charge >= 0.3 is 15.5 Å². The third-order valence-corrected chi connectivity index (χ3v) is 7.06. The van der Waals surface area contributed by atoms with Crippen LogP contribution in [0.25, 0.3) is 0 Å². The molecular weight excluding hydrogens is 363 g/mol. The van der Waals surface area contributed by atoms with Gasteiger partial charge < -0.3 is 9.47 Å². The van der Waals surface area contributed by atoms with E-state index in [0.717, 1.165) is 10.5 Å². The predicted octanol–water partition coefficient (Wildman–Crippen LogP) is 0.730. The number of alkyl halides is 3. The van der Waals surface area contributed by atoms with Crippen LogP contribution in [0, 0.1) is 5.92 Å². The predicted molar refractivity (Wildman–Crippen MR) is 73.3 cm³/mol. The molecule has 0 aromatic rings. The van der Waals surface area contributed by atoms with Gasteiger partial charge in [0.25, 0.3) is 0 Å². The first kappa shape index (κ1) is 18.9. The van der Waals surface area contributed by atoms with E-state index in [-0.39, 0.29) is 12.2 Å². The molecule has 2 aliphatic rings. The van der Waals surface area contributed by atoms with E-state index in [1.807, 2.05) is 0 Å². The Balaban J connectivity index is 1.88. The minimum Gasteiger partial charge on any atom is -0.375 e. The number of hydrogen-bond donors (Lipinski definition) is 1. The Morgan fingerprint density at radius 1 is 1.17 bits per heavy atom. The summed E-state index contributed by atoms with van der Waals surface area (Å²) in [4.78, 5) is 0. The van der Waals surface area contributed by atoms with E-state index < -0.39 is 37.2 Å². The van der Waals surface area contributed by atoms with Crippen molar-refractivity contribution in [2.75, 3.05) is 19.0 Å². The van der Waals surface area contributed by atoms with Gasteiger partial charge in [-0.3, -0.25) is 0 Å². The molecule has 23 heavy (non-hydrogen) atoms. The van der Waals surface area contributed by atoms with Crippen molar-refractivity contribution in [1.82, 2.24) is 4.13 Å². The fourth-order valence-corrected chi connectivity index (χ4v) is 5.42. The Kier molecular flexibility index (Phi) is 5.61. The number of nitrogens with one attached hydrogen (secondary N) is 1. The lowest BCUT2D eigenvalue weighted by Gasteiger charge is -2.28. The highest BCUT2D eigenvalue weighted by Crippen LogP contribution is 2.29. The molecule has 1 N–H and O–H groups in total. The Hall–Kier alpha value is -0.430. The molecule has 136 valence electrons. The first-order valence-electron chi connectivity index (χ1n) is 7.04. The summed E-state index contributed by atoms with van der Waals surface area (Å²) in [7, 11) is -10.5. The molecule has 0 radical (unpaired) electrons. The molecule has 0 spiro atoms. The van der Waals surface area contributed by atoms with Crippen LogP contribution in [0.15, 0.2) is 0 Å². The Bertz CT molecular complexity index is 614. The zero-order chi connectivity index (χ0) is 17.3. The van der Waals surface area contributed by atoms with Crippen molar-refractivity contribution in [1.29, 1.82) is 0 Å². The summed E-state index contributed by atoms with van der Waals surface area (Å²) in [6.45, 7) is 1.04. The van der Waals surface area contributed by atoms with Gasteiger partial charge in [-0.25, -0.2) is 16.8 Å². The van der Waals surface area contributed by atoms with Gasteiger partial charge in [-0.1, -0.05) is 6.42 Å². The third-order valence-electron chi connectivity index (χ3n) is 3.65. The topological polar surface area (TPSA) is 102 Å². The lowest BCUT2D eigenvalue weighted by molar-refractivity contribution is -0.0441. The van der Waals surface area contributed by atoms with Gasteiger partial charge in [-0.2, -0.15) is 13.2 Å². The molecule has 0 aromatic carbocycles. The van der Waals surface area contributed by atoms with Crippen molar-refractivity contribution in [3.05, 3.63) is 0 Å². The Morgan fingerprint density at radius 2 is 1.83 bits per heavy atom. The first-order chi connectivity index (χ1) is 10.5. The standard InChI is InChI=1S/C11H18F3NO6S2/c12-11(13,14)23(18,19)15-22(16,17)7-8-2-1-3-9(4-8)20-5-10-6-21-10/h8-10,15H,1-7H2. The molecule has 1 saturated carbocycles. The van der Waals surface area contributed by atoms with Crippen LogP contribution in [0.3, 0.4) is 0 Å². The number of ether oxygens (including phenoxy) is 2. The molecule has 3 unspecified atom stereocenters. The number of rotatable bonds is 7. The van der Waals surface area contributed by atoms with Gasteiger partial charge in [0.15, 0.2) is 0 Å². The fourth-order valence-electron chi connectivity index (χ4n) is 2.51. The lowest BCUT2D eigenvalue weighted by atomic mass is 9.88. The van der Waals surface area contributed by atoms with E-state index in [1.54, 1.807) is 0 Å².